The summed E-state index contributed by atoms with van der Waals surface area (Å²) >= 11 is 0. The molecular formula is C13H16N4O3. The molecule has 0 aliphatic heterocycles. The molecule has 1 amide bonds. The summed E-state index contributed by atoms with van der Waals surface area (Å²) in [7, 11) is 0. The van der Waals surface area contributed by atoms with Crippen LogP contribution in [0.2, 0.25) is 0 Å². The van der Waals surface area contributed by atoms with Crippen LogP contribution in [0.15, 0.2) is 18.3 Å². The number of carboxylic acid groups (broad SMARTS) is 1. The molecule has 0 fully saturated rings. The SMILES string of the molecule is Cc1nnc2ccc(C(=O)NCC(C)(C)C(=O)O)cn12. The molecule has 7 heteroatoms. The minimum absolute atomic E-state index is 0.0559. The van der Waals surface area contributed by atoms with E-state index < -0.39 is 11.4 Å². The molecule has 0 aromatic carbocycles. The van der Waals surface area contributed by atoms with Gasteiger partial charge in [0.2, 0.25) is 0 Å². The highest BCUT2D eigenvalue weighted by atomic mass is 16.4. The van der Waals surface area contributed by atoms with Crippen LogP contribution in [0.25, 0.3) is 5.65 Å². The van der Waals surface area contributed by atoms with Gasteiger partial charge in [-0.3, -0.25) is 14.0 Å². The summed E-state index contributed by atoms with van der Waals surface area (Å²) in [6, 6.07) is 3.32. The first kappa shape index (κ1) is 14.0. The number of aromatic nitrogens is 3. The minimum Gasteiger partial charge on any atom is -0.481 e. The van der Waals surface area contributed by atoms with Crippen LogP contribution < -0.4 is 5.32 Å². The number of hydrogen-bond acceptors (Lipinski definition) is 4. The van der Waals surface area contributed by atoms with Gasteiger partial charge in [-0.05, 0) is 32.9 Å². The molecule has 7 nitrogen and oxygen atoms in total. The molecule has 0 bridgehead atoms. The molecule has 2 N–H and O–H groups in total. The number of carbonyl (C=O) groups excluding carboxylic acids is 1. The monoisotopic (exact) mass is 276 g/mol. The molecule has 106 valence electrons. The van der Waals surface area contributed by atoms with E-state index in [0.29, 0.717) is 17.0 Å². The number of rotatable bonds is 4. The maximum absolute atomic E-state index is 12.0. The Morgan fingerprint density at radius 2 is 2.05 bits per heavy atom. The van der Waals surface area contributed by atoms with E-state index in [2.05, 4.69) is 15.5 Å². The topological polar surface area (TPSA) is 96.6 Å². The van der Waals surface area contributed by atoms with Crippen molar-refractivity contribution >= 4 is 17.5 Å². The predicted octanol–water partition coefficient (Wildman–Crippen LogP) is 0.878. The van der Waals surface area contributed by atoms with Gasteiger partial charge in [-0.1, -0.05) is 0 Å². The maximum atomic E-state index is 12.0. The van der Waals surface area contributed by atoms with Crippen molar-refractivity contribution in [2.24, 2.45) is 5.41 Å². The largest absolute Gasteiger partial charge is 0.481 e. The molecular weight excluding hydrogens is 260 g/mol. The van der Waals surface area contributed by atoms with Gasteiger partial charge < -0.3 is 10.4 Å². The van der Waals surface area contributed by atoms with Crippen molar-refractivity contribution in [3.8, 4) is 0 Å². The van der Waals surface area contributed by atoms with Gasteiger partial charge >= 0.3 is 5.97 Å². The summed E-state index contributed by atoms with van der Waals surface area (Å²) in [5.41, 5.74) is 0.0817. The summed E-state index contributed by atoms with van der Waals surface area (Å²) in [5, 5.41) is 19.5. The van der Waals surface area contributed by atoms with Gasteiger partial charge in [-0.25, -0.2) is 0 Å². The van der Waals surface area contributed by atoms with E-state index in [4.69, 9.17) is 5.11 Å². The molecule has 0 aliphatic carbocycles. The van der Waals surface area contributed by atoms with Crippen LogP contribution in [-0.4, -0.2) is 38.1 Å². The molecule has 0 saturated heterocycles. The van der Waals surface area contributed by atoms with Crippen molar-refractivity contribution in [1.82, 2.24) is 19.9 Å². The smallest absolute Gasteiger partial charge is 0.310 e. The molecule has 0 saturated carbocycles. The van der Waals surface area contributed by atoms with Gasteiger partial charge in [0, 0.05) is 12.7 Å². The summed E-state index contributed by atoms with van der Waals surface area (Å²) in [6.07, 6.45) is 1.63. The quantitative estimate of drug-likeness (QED) is 0.864. The molecule has 0 atom stereocenters. The molecule has 2 rings (SSSR count). The third-order valence-electron chi connectivity index (χ3n) is 3.10. The second kappa shape index (κ2) is 4.92. The second-order valence-electron chi connectivity index (χ2n) is 5.26. The van der Waals surface area contributed by atoms with Gasteiger partial charge in [0.25, 0.3) is 5.91 Å². The van der Waals surface area contributed by atoms with Gasteiger partial charge in [-0.2, -0.15) is 0 Å². The third kappa shape index (κ3) is 2.61. The molecule has 2 heterocycles. The Bertz CT molecular complexity index is 675. The molecule has 0 aliphatic rings. The fourth-order valence-corrected chi connectivity index (χ4v) is 1.62. The zero-order valence-corrected chi connectivity index (χ0v) is 11.5. The normalized spacial score (nSPS) is 11.6. The van der Waals surface area contributed by atoms with Crippen molar-refractivity contribution < 1.29 is 14.7 Å². The van der Waals surface area contributed by atoms with E-state index >= 15 is 0 Å². The first-order valence-electron chi connectivity index (χ1n) is 6.14. The zero-order valence-electron chi connectivity index (χ0n) is 11.5. The average molecular weight is 276 g/mol. The highest BCUT2D eigenvalue weighted by molar-refractivity contribution is 5.94. The number of aliphatic carboxylic acids is 1. The van der Waals surface area contributed by atoms with E-state index in [1.165, 1.54) is 0 Å². The number of carboxylic acids is 1. The Morgan fingerprint density at radius 3 is 2.70 bits per heavy atom. The highest BCUT2D eigenvalue weighted by Gasteiger charge is 2.27. The molecule has 2 aromatic rings. The predicted molar refractivity (Wildman–Crippen MR) is 71.5 cm³/mol. The average Bonchev–Trinajstić information content (AvgIpc) is 2.77. The number of pyridine rings is 1. The van der Waals surface area contributed by atoms with E-state index in [-0.39, 0.29) is 12.5 Å². The zero-order chi connectivity index (χ0) is 14.9. The number of aryl methyl sites for hydroxylation is 1. The van der Waals surface area contributed by atoms with Crippen LogP contribution in [0.3, 0.4) is 0 Å². The maximum Gasteiger partial charge on any atom is 0.310 e. The fraction of sp³-hybridized carbons (Fsp3) is 0.385. The van der Waals surface area contributed by atoms with Gasteiger partial charge in [0.15, 0.2) is 5.65 Å². The number of amides is 1. The molecule has 2 aromatic heterocycles. The Morgan fingerprint density at radius 1 is 1.35 bits per heavy atom. The number of hydrogen-bond donors (Lipinski definition) is 2. The van der Waals surface area contributed by atoms with E-state index in [1.54, 1.807) is 43.5 Å². The summed E-state index contributed by atoms with van der Waals surface area (Å²) in [6.45, 7) is 4.96. The second-order valence-corrected chi connectivity index (χ2v) is 5.26. The van der Waals surface area contributed by atoms with E-state index in [1.807, 2.05) is 0 Å². The van der Waals surface area contributed by atoms with Crippen molar-refractivity contribution in [2.45, 2.75) is 20.8 Å². The van der Waals surface area contributed by atoms with Crippen LogP contribution in [0.5, 0.6) is 0 Å². The first-order valence-corrected chi connectivity index (χ1v) is 6.14. The number of nitrogens with zero attached hydrogens (tertiary/aromatic N) is 3. The number of nitrogens with one attached hydrogen (secondary N) is 1. The molecule has 0 radical (unpaired) electrons. The minimum atomic E-state index is -1.01. The Hall–Kier alpha value is -2.44. The summed E-state index contributed by atoms with van der Waals surface area (Å²) in [5.74, 6) is -0.599. The Kier molecular flexibility index (Phi) is 3.44. The molecule has 20 heavy (non-hydrogen) atoms. The van der Waals surface area contributed by atoms with Crippen LogP contribution in [0, 0.1) is 12.3 Å². The van der Waals surface area contributed by atoms with Gasteiger partial charge in [-0.15, -0.1) is 10.2 Å². The van der Waals surface area contributed by atoms with Crippen molar-refractivity contribution in [1.29, 1.82) is 0 Å². The van der Waals surface area contributed by atoms with E-state index in [9.17, 15) is 9.59 Å². The van der Waals surface area contributed by atoms with Crippen molar-refractivity contribution in [2.75, 3.05) is 6.54 Å². The van der Waals surface area contributed by atoms with Crippen molar-refractivity contribution in [3.63, 3.8) is 0 Å². The fourth-order valence-electron chi connectivity index (χ4n) is 1.62. The van der Waals surface area contributed by atoms with E-state index in [0.717, 1.165) is 0 Å². The standard InChI is InChI=1S/C13H16N4O3/c1-8-15-16-10-5-4-9(6-17(8)10)11(18)14-7-13(2,3)12(19)20/h4-6H,7H2,1-3H3,(H,14,18)(H,19,20). The lowest BCUT2D eigenvalue weighted by Crippen LogP contribution is -2.38. The number of fused-ring (bicyclic) bond motifs is 1. The van der Waals surface area contributed by atoms with Gasteiger partial charge in [0.05, 0.1) is 11.0 Å². The Balaban J connectivity index is 2.15. The third-order valence-corrected chi connectivity index (χ3v) is 3.10. The first-order chi connectivity index (χ1) is 9.31. The van der Waals surface area contributed by atoms with Crippen LogP contribution in [0.1, 0.15) is 30.0 Å². The molecule has 0 unspecified atom stereocenters. The van der Waals surface area contributed by atoms with Crippen LogP contribution in [0.4, 0.5) is 0 Å². The van der Waals surface area contributed by atoms with Crippen LogP contribution in [-0.2, 0) is 4.79 Å². The molecule has 0 spiro atoms. The van der Waals surface area contributed by atoms with Crippen molar-refractivity contribution in [3.05, 3.63) is 29.7 Å². The number of carbonyl (C=O) groups is 2. The van der Waals surface area contributed by atoms with Gasteiger partial charge in [0.1, 0.15) is 5.82 Å². The highest BCUT2D eigenvalue weighted by Crippen LogP contribution is 2.14. The lowest BCUT2D eigenvalue weighted by Gasteiger charge is -2.19. The summed E-state index contributed by atoms with van der Waals surface area (Å²) in [4.78, 5) is 23.0. The Labute approximate surface area is 115 Å². The van der Waals surface area contributed by atoms with Crippen LogP contribution >= 0.6 is 0 Å². The summed E-state index contributed by atoms with van der Waals surface area (Å²) < 4.78 is 1.71. The lowest BCUT2D eigenvalue weighted by molar-refractivity contribution is -0.146. The lowest BCUT2D eigenvalue weighted by atomic mass is 9.94.